The third-order valence-corrected chi connectivity index (χ3v) is 3.91. The van der Waals surface area contributed by atoms with E-state index in [0.717, 1.165) is 5.52 Å². The maximum absolute atomic E-state index is 12.5. The van der Waals surface area contributed by atoms with Crippen molar-refractivity contribution in [3.8, 4) is 11.5 Å². The lowest BCUT2D eigenvalue weighted by molar-refractivity contribution is -0.130. The summed E-state index contributed by atoms with van der Waals surface area (Å²) in [6.45, 7) is 1.98. The average Bonchev–Trinajstić information content (AvgIpc) is 3.18. The molecule has 7 nitrogen and oxygen atoms in total. The summed E-state index contributed by atoms with van der Waals surface area (Å²) in [5, 5.41) is 0.663. The van der Waals surface area contributed by atoms with E-state index >= 15 is 0 Å². The van der Waals surface area contributed by atoms with Crippen molar-refractivity contribution in [1.82, 2.24) is 9.88 Å². The van der Waals surface area contributed by atoms with Crippen LogP contribution in [0.25, 0.3) is 10.9 Å². The van der Waals surface area contributed by atoms with Crippen LogP contribution in [0.15, 0.2) is 18.3 Å². The molecule has 0 radical (unpaired) electrons. The number of carbonyl (C=O) groups excluding carboxylic acids is 2. The highest BCUT2D eigenvalue weighted by Gasteiger charge is 2.27. The van der Waals surface area contributed by atoms with Gasteiger partial charge in [-0.05, 0) is 6.07 Å². The highest BCUT2D eigenvalue weighted by molar-refractivity contribution is 6.44. The quantitative estimate of drug-likeness (QED) is 0.659. The van der Waals surface area contributed by atoms with Crippen molar-refractivity contribution < 1.29 is 23.8 Å². The number of ether oxygens (including phenoxy) is 3. The minimum absolute atomic E-state index is 0.165. The van der Waals surface area contributed by atoms with Crippen LogP contribution in [-0.4, -0.2) is 54.7 Å². The maximum atomic E-state index is 12.5. The SMILES string of the molecule is O=C(C(=O)N1CCOCC1)c1c[nH]c2cc3c(cc12)OCO3. The number of rotatable bonds is 2. The van der Waals surface area contributed by atoms with Crippen molar-refractivity contribution in [3.63, 3.8) is 0 Å². The Balaban J connectivity index is 1.68. The van der Waals surface area contributed by atoms with Gasteiger partial charge in [-0.3, -0.25) is 9.59 Å². The summed E-state index contributed by atoms with van der Waals surface area (Å²) in [5.74, 6) is 0.196. The van der Waals surface area contributed by atoms with Gasteiger partial charge in [0.1, 0.15) is 0 Å². The van der Waals surface area contributed by atoms with E-state index in [4.69, 9.17) is 14.2 Å². The van der Waals surface area contributed by atoms with E-state index in [9.17, 15) is 9.59 Å². The summed E-state index contributed by atoms with van der Waals surface area (Å²) in [6.07, 6.45) is 1.56. The van der Waals surface area contributed by atoms with Crippen molar-refractivity contribution in [2.75, 3.05) is 33.1 Å². The molecule has 3 heterocycles. The summed E-state index contributed by atoms with van der Waals surface area (Å²) in [5.41, 5.74) is 1.09. The van der Waals surface area contributed by atoms with Crippen molar-refractivity contribution >= 4 is 22.6 Å². The molecule has 2 aliphatic heterocycles. The lowest BCUT2D eigenvalue weighted by Crippen LogP contribution is -2.44. The highest BCUT2D eigenvalue weighted by Crippen LogP contribution is 2.37. The van der Waals surface area contributed by atoms with Gasteiger partial charge in [0.25, 0.3) is 11.7 Å². The molecule has 0 spiro atoms. The average molecular weight is 302 g/mol. The predicted molar refractivity (Wildman–Crippen MR) is 76.2 cm³/mol. The molecule has 2 aromatic rings. The van der Waals surface area contributed by atoms with E-state index < -0.39 is 11.7 Å². The lowest BCUT2D eigenvalue weighted by atomic mass is 10.1. The summed E-state index contributed by atoms with van der Waals surface area (Å²) in [6, 6.07) is 3.50. The number of fused-ring (bicyclic) bond motifs is 2. The fourth-order valence-electron chi connectivity index (χ4n) is 2.73. The molecular weight excluding hydrogens is 288 g/mol. The van der Waals surface area contributed by atoms with Crippen LogP contribution in [-0.2, 0) is 9.53 Å². The molecular formula is C15H14N2O5. The van der Waals surface area contributed by atoms with E-state index in [1.165, 1.54) is 4.90 Å². The molecule has 0 unspecified atom stereocenters. The van der Waals surface area contributed by atoms with Crippen LogP contribution in [0.5, 0.6) is 11.5 Å². The monoisotopic (exact) mass is 302 g/mol. The molecule has 1 aromatic heterocycles. The molecule has 0 saturated carbocycles. The minimum Gasteiger partial charge on any atom is -0.454 e. The van der Waals surface area contributed by atoms with Crippen molar-refractivity contribution in [2.45, 2.75) is 0 Å². The zero-order valence-corrected chi connectivity index (χ0v) is 11.8. The second-order valence-corrected chi connectivity index (χ2v) is 5.19. The van der Waals surface area contributed by atoms with Crippen LogP contribution in [0, 0.1) is 0 Å². The van der Waals surface area contributed by atoms with E-state index in [0.29, 0.717) is 48.8 Å². The van der Waals surface area contributed by atoms with Crippen molar-refractivity contribution in [2.24, 2.45) is 0 Å². The smallest absolute Gasteiger partial charge is 0.295 e. The molecule has 4 rings (SSSR count). The molecule has 1 fully saturated rings. The van der Waals surface area contributed by atoms with Gasteiger partial charge in [0.15, 0.2) is 11.5 Å². The lowest BCUT2D eigenvalue weighted by Gasteiger charge is -2.25. The van der Waals surface area contributed by atoms with Crippen LogP contribution >= 0.6 is 0 Å². The Morgan fingerprint density at radius 2 is 1.82 bits per heavy atom. The number of Topliss-reactive ketones (excluding diaryl/α,β-unsaturated/α-hetero) is 1. The number of carbonyl (C=O) groups is 2. The zero-order valence-electron chi connectivity index (χ0n) is 11.8. The molecule has 0 aliphatic carbocycles. The molecule has 1 aromatic carbocycles. The Kier molecular flexibility index (Phi) is 3.00. The minimum atomic E-state index is -0.521. The Morgan fingerprint density at radius 3 is 2.59 bits per heavy atom. The van der Waals surface area contributed by atoms with Crippen LogP contribution < -0.4 is 9.47 Å². The van der Waals surface area contributed by atoms with Gasteiger partial charge in [-0.15, -0.1) is 0 Å². The van der Waals surface area contributed by atoms with Gasteiger partial charge < -0.3 is 24.1 Å². The number of nitrogens with zero attached hydrogens (tertiary/aromatic N) is 1. The normalized spacial score (nSPS) is 17.0. The van der Waals surface area contributed by atoms with Crippen molar-refractivity contribution in [1.29, 1.82) is 0 Å². The second-order valence-electron chi connectivity index (χ2n) is 5.19. The van der Waals surface area contributed by atoms with E-state index in [1.54, 1.807) is 18.3 Å². The summed E-state index contributed by atoms with van der Waals surface area (Å²) in [7, 11) is 0. The molecule has 1 saturated heterocycles. The number of morpholine rings is 1. The first kappa shape index (κ1) is 13.1. The molecule has 0 bridgehead atoms. The van der Waals surface area contributed by atoms with Crippen LogP contribution in [0.1, 0.15) is 10.4 Å². The van der Waals surface area contributed by atoms with Gasteiger partial charge in [-0.2, -0.15) is 0 Å². The van der Waals surface area contributed by atoms with E-state index in [-0.39, 0.29) is 6.79 Å². The first-order valence-corrected chi connectivity index (χ1v) is 7.06. The summed E-state index contributed by atoms with van der Waals surface area (Å²) >= 11 is 0. The molecule has 0 atom stereocenters. The molecule has 1 N–H and O–H groups in total. The Bertz CT molecular complexity index is 761. The summed E-state index contributed by atoms with van der Waals surface area (Å²) in [4.78, 5) is 29.4. The number of aromatic amines is 1. The van der Waals surface area contributed by atoms with Crippen LogP contribution in [0.2, 0.25) is 0 Å². The topological polar surface area (TPSA) is 80.9 Å². The third-order valence-electron chi connectivity index (χ3n) is 3.91. The number of H-pyrrole nitrogens is 1. The Morgan fingerprint density at radius 1 is 1.09 bits per heavy atom. The number of hydrogen-bond acceptors (Lipinski definition) is 5. The molecule has 1 amide bonds. The van der Waals surface area contributed by atoms with Gasteiger partial charge >= 0.3 is 0 Å². The number of amides is 1. The standard InChI is InChI=1S/C15H14N2O5/c18-14(15(19)17-1-3-20-4-2-17)10-7-16-11-6-13-12(5-9(10)11)21-8-22-13/h5-7,16H,1-4,8H2. The number of nitrogens with one attached hydrogen (secondary N) is 1. The van der Waals surface area contributed by atoms with Gasteiger partial charge in [-0.1, -0.05) is 0 Å². The highest BCUT2D eigenvalue weighted by atomic mass is 16.7. The molecule has 22 heavy (non-hydrogen) atoms. The Hall–Kier alpha value is -2.54. The number of aromatic nitrogens is 1. The predicted octanol–water partition coefficient (Wildman–Crippen LogP) is 0.938. The summed E-state index contributed by atoms with van der Waals surface area (Å²) < 4.78 is 15.8. The molecule has 2 aliphatic rings. The fraction of sp³-hybridized carbons (Fsp3) is 0.333. The van der Waals surface area contributed by atoms with Gasteiger partial charge in [0.05, 0.1) is 24.3 Å². The number of benzene rings is 1. The first-order chi connectivity index (χ1) is 10.7. The number of ketones is 1. The number of hydrogen-bond donors (Lipinski definition) is 1. The van der Waals surface area contributed by atoms with E-state index in [2.05, 4.69) is 4.98 Å². The third kappa shape index (κ3) is 2.01. The van der Waals surface area contributed by atoms with Gasteiger partial charge in [-0.25, -0.2) is 0 Å². The maximum Gasteiger partial charge on any atom is 0.295 e. The van der Waals surface area contributed by atoms with Crippen LogP contribution in [0.4, 0.5) is 0 Å². The van der Waals surface area contributed by atoms with Gasteiger partial charge in [0, 0.05) is 30.7 Å². The van der Waals surface area contributed by atoms with Crippen LogP contribution in [0.3, 0.4) is 0 Å². The van der Waals surface area contributed by atoms with E-state index in [1.807, 2.05) is 0 Å². The largest absolute Gasteiger partial charge is 0.454 e. The Labute approximate surface area is 125 Å². The fourth-order valence-corrected chi connectivity index (χ4v) is 2.73. The van der Waals surface area contributed by atoms with Crippen molar-refractivity contribution in [3.05, 3.63) is 23.9 Å². The second kappa shape index (κ2) is 5.03. The molecule has 7 heteroatoms. The first-order valence-electron chi connectivity index (χ1n) is 7.06. The zero-order chi connectivity index (χ0) is 15.1. The molecule has 114 valence electrons. The van der Waals surface area contributed by atoms with Gasteiger partial charge in [0.2, 0.25) is 6.79 Å².